The maximum absolute atomic E-state index is 13.0. The van der Waals surface area contributed by atoms with E-state index in [1.165, 1.54) is 6.92 Å². The Hall–Kier alpha value is -2.97. The van der Waals surface area contributed by atoms with E-state index in [-0.39, 0.29) is 31.3 Å². The van der Waals surface area contributed by atoms with Crippen LogP contribution in [0.3, 0.4) is 0 Å². The highest BCUT2D eigenvalue weighted by Crippen LogP contribution is 2.07. The van der Waals surface area contributed by atoms with Gasteiger partial charge in [0.2, 0.25) is 17.7 Å². The minimum Gasteiger partial charge on any atom is -0.480 e. The number of carboxylic acids is 1. The first-order valence-corrected chi connectivity index (χ1v) is 12.1. The van der Waals surface area contributed by atoms with Gasteiger partial charge in [-0.25, -0.2) is 4.79 Å². The van der Waals surface area contributed by atoms with Crippen LogP contribution in [-0.4, -0.2) is 83.2 Å². The van der Waals surface area contributed by atoms with Crippen molar-refractivity contribution in [3.05, 3.63) is 0 Å². The molecule has 0 aliphatic rings. The Balaban J connectivity index is 5.48. The van der Waals surface area contributed by atoms with Crippen LogP contribution in [-0.2, 0) is 19.2 Å². The fourth-order valence-electron chi connectivity index (χ4n) is 3.30. The summed E-state index contributed by atoms with van der Waals surface area (Å²) < 4.78 is 0. The number of aliphatic hydroxyl groups excluding tert-OH is 1. The first-order chi connectivity index (χ1) is 16.8. The van der Waals surface area contributed by atoms with Gasteiger partial charge in [-0.15, -0.1) is 0 Å². The van der Waals surface area contributed by atoms with Crippen LogP contribution >= 0.6 is 0 Å². The second-order valence-electron chi connectivity index (χ2n) is 9.16. The summed E-state index contributed by atoms with van der Waals surface area (Å²) in [6, 6.07) is -4.63. The number of carbonyl (C=O) groups excluding carboxylic acids is 3. The van der Waals surface area contributed by atoms with Crippen LogP contribution in [0.2, 0.25) is 0 Å². The molecular formula is C22H44N8O6. The van der Waals surface area contributed by atoms with Gasteiger partial charge in [-0.2, -0.15) is 0 Å². The predicted molar refractivity (Wildman–Crippen MR) is 135 cm³/mol. The molecule has 0 heterocycles. The van der Waals surface area contributed by atoms with Gasteiger partial charge in [-0.05, 0) is 51.5 Å². The fraction of sp³-hybridized carbons (Fsp3) is 0.773. The smallest absolute Gasteiger partial charge is 0.326 e. The van der Waals surface area contributed by atoms with E-state index in [0.717, 1.165) is 0 Å². The average molecular weight is 517 g/mol. The molecular weight excluding hydrogens is 472 g/mol. The lowest BCUT2D eigenvalue weighted by molar-refractivity contribution is -0.143. The molecule has 14 heteroatoms. The molecule has 0 aromatic carbocycles. The van der Waals surface area contributed by atoms with Crippen molar-refractivity contribution in [1.82, 2.24) is 16.0 Å². The molecule has 208 valence electrons. The lowest BCUT2D eigenvalue weighted by Crippen LogP contribution is -2.59. The van der Waals surface area contributed by atoms with E-state index in [1.54, 1.807) is 13.8 Å². The molecule has 14 nitrogen and oxygen atoms in total. The van der Waals surface area contributed by atoms with Crippen LogP contribution in [0, 0.1) is 5.92 Å². The molecule has 0 aromatic rings. The van der Waals surface area contributed by atoms with Gasteiger partial charge in [0.05, 0.1) is 12.1 Å². The maximum atomic E-state index is 13.0. The molecule has 36 heavy (non-hydrogen) atoms. The van der Waals surface area contributed by atoms with Crippen LogP contribution in [0.1, 0.15) is 59.3 Å². The van der Waals surface area contributed by atoms with Crippen molar-refractivity contribution < 1.29 is 29.4 Å². The summed E-state index contributed by atoms with van der Waals surface area (Å²) in [5, 5.41) is 26.8. The highest BCUT2D eigenvalue weighted by molar-refractivity contribution is 5.94. The highest BCUT2D eigenvalue weighted by Gasteiger charge is 2.32. The molecule has 0 aromatic heterocycles. The summed E-state index contributed by atoms with van der Waals surface area (Å²) in [6.07, 6.45) is 0.950. The Morgan fingerprint density at radius 2 is 1.47 bits per heavy atom. The second-order valence-corrected chi connectivity index (χ2v) is 9.16. The first kappa shape index (κ1) is 33.0. The van der Waals surface area contributed by atoms with Crippen LogP contribution in [0.25, 0.3) is 0 Å². The third-order valence-electron chi connectivity index (χ3n) is 5.27. The normalized spacial score (nSPS) is 15.2. The van der Waals surface area contributed by atoms with E-state index in [2.05, 4.69) is 20.9 Å². The van der Waals surface area contributed by atoms with Crippen LogP contribution < -0.4 is 38.9 Å². The SMILES string of the molecule is CC(C)CC(NC(=O)C(NC(=O)C(CCCN=C(N)N)NC(=O)C(N)CCCCN)C(C)O)C(=O)O. The number of aliphatic imine (C=N–C) groups is 1. The number of nitrogens with two attached hydrogens (primary N) is 4. The molecule has 0 saturated carbocycles. The third kappa shape index (κ3) is 13.8. The number of carboxylic acid groups (broad SMARTS) is 1. The standard InChI is InChI=1S/C22H44N8O6/c1-12(2)11-16(21(35)36)29-20(34)17(13(3)31)30-19(33)15(8-6-10-27-22(25)26)28-18(32)14(24)7-4-5-9-23/h12-17,31H,4-11,23-24H2,1-3H3,(H,28,32)(H,29,34)(H,30,33)(H,35,36)(H4,25,26,27). The van der Waals surface area contributed by atoms with Crippen molar-refractivity contribution in [2.24, 2.45) is 33.8 Å². The molecule has 0 radical (unpaired) electrons. The molecule has 13 N–H and O–H groups in total. The maximum Gasteiger partial charge on any atom is 0.326 e. The lowest BCUT2D eigenvalue weighted by atomic mass is 10.0. The quantitative estimate of drug-likeness (QED) is 0.0523. The predicted octanol–water partition coefficient (Wildman–Crippen LogP) is -2.54. The zero-order chi connectivity index (χ0) is 27.8. The molecule has 0 bridgehead atoms. The van der Waals surface area contributed by atoms with E-state index in [4.69, 9.17) is 22.9 Å². The molecule has 0 saturated heterocycles. The van der Waals surface area contributed by atoms with E-state index in [9.17, 15) is 29.4 Å². The van der Waals surface area contributed by atoms with Crippen LogP contribution in [0.5, 0.6) is 0 Å². The van der Waals surface area contributed by atoms with Gasteiger partial charge in [-0.3, -0.25) is 19.4 Å². The first-order valence-electron chi connectivity index (χ1n) is 12.1. The van der Waals surface area contributed by atoms with Gasteiger partial charge in [0.15, 0.2) is 5.96 Å². The number of rotatable bonds is 18. The molecule has 5 unspecified atom stereocenters. The monoisotopic (exact) mass is 516 g/mol. The Labute approximate surface area is 212 Å². The molecule has 5 atom stereocenters. The number of amides is 3. The number of guanidine groups is 1. The molecule has 0 rings (SSSR count). The van der Waals surface area contributed by atoms with Crippen molar-refractivity contribution in [3.8, 4) is 0 Å². The average Bonchev–Trinajstić information content (AvgIpc) is 2.77. The van der Waals surface area contributed by atoms with Gasteiger partial charge in [0.25, 0.3) is 0 Å². The van der Waals surface area contributed by atoms with E-state index in [1.807, 2.05) is 0 Å². The number of nitrogens with zero attached hydrogens (tertiary/aromatic N) is 1. The summed E-state index contributed by atoms with van der Waals surface area (Å²) in [6.45, 7) is 5.54. The summed E-state index contributed by atoms with van der Waals surface area (Å²) >= 11 is 0. The minimum atomic E-state index is -1.46. The van der Waals surface area contributed by atoms with Gasteiger partial charge in [0.1, 0.15) is 18.1 Å². The largest absolute Gasteiger partial charge is 0.480 e. The zero-order valence-electron chi connectivity index (χ0n) is 21.4. The Kier molecular flexibility index (Phi) is 16.0. The molecule has 0 aliphatic carbocycles. The van der Waals surface area contributed by atoms with Gasteiger partial charge < -0.3 is 49.1 Å². The van der Waals surface area contributed by atoms with E-state index < -0.39 is 54.0 Å². The number of hydrogen-bond acceptors (Lipinski definition) is 8. The number of nitrogens with one attached hydrogen (secondary N) is 3. The van der Waals surface area contributed by atoms with Crippen molar-refractivity contribution in [2.75, 3.05) is 13.1 Å². The minimum absolute atomic E-state index is 0.0233. The zero-order valence-corrected chi connectivity index (χ0v) is 21.4. The number of unbranched alkanes of at least 4 members (excludes halogenated alkanes) is 1. The Morgan fingerprint density at radius 3 is 1.97 bits per heavy atom. The lowest BCUT2D eigenvalue weighted by Gasteiger charge is -2.27. The van der Waals surface area contributed by atoms with Gasteiger partial charge in [0, 0.05) is 6.54 Å². The Bertz CT molecular complexity index is 742. The molecule has 0 aliphatic heterocycles. The van der Waals surface area contributed by atoms with Crippen molar-refractivity contribution in [1.29, 1.82) is 0 Å². The molecule has 0 spiro atoms. The topological polar surface area (TPSA) is 261 Å². The summed E-state index contributed by atoms with van der Waals surface area (Å²) in [4.78, 5) is 53.7. The van der Waals surface area contributed by atoms with Crippen molar-refractivity contribution in [3.63, 3.8) is 0 Å². The van der Waals surface area contributed by atoms with E-state index >= 15 is 0 Å². The molecule has 0 fully saturated rings. The van der Waals surface area contributed by atoms with Gasteiger partial charge >= 0.3 is 5.97 Å². The highest BCUT2D eigenvalue weighted by atomic mass is 16.4. The number of carbonyl (C=O) groups is 4. The number of aliphatic hydroxyl groups is 1. The van der Waals surface area contributed by atoms with E-state index in [0.29, 0.717) is 32.2 Å². The van der Waals surface area contributed by atoms with Crippen molar-refractivity contribution >= 4 is 29.7 Å². The summed E-state index contributed by atoms with van der Waals surface area (Å²) in [5.74, 6) is -3.56. The number of aliphatic carboxylic acids is 1. The Morgan fingerprint density at radius 1 is 0.861 bits per heavy atom. The second kappa shape index (κ2) is 17.5. The number of hydrogen-bond donors (Lipinski definition) is 9. The summed E-state index contributed by atoms with van der Waals surface area (Å²) in [7, 11) is 0. The van der Waals surface area contributed by atoms with Gasteiger partial charge in [-0.1, -0.05) is 20.3 Å². The van der Waals surface area contributed by atoms with Crippen molar-refractivity contribution in [2.45, 2.75) is 89.6 Å². The molecule has 3 amide bonds. The van der Waals surface area contributed by atoms with Crippen LogP contribution in [0.15, 0.2) is 4.99 Å². The fourth-order valence-corrected chi connectivity index (χ4v) is 3.30. The third-order valence-corrected chi connectivity index (χ3v) is 5.27. The van der Waals surface area contributed by atoms with Crippen LogP contribution in [0.4, 0.5) is 0 Å². The summed E-state index contributed by atoms with van der Waals surface area (Å²) in [5.41, 5.74) is 22.0.